The van der Waals surface area contributed by atoms with Gasteiger partial charge in [-0.2, -0.15) is 0 Å². The number of benzene rings is 1. The summed E-state index contributed by atoms with van der Waals surface area (Å²) in [7, 11) is 0. The zero-order valence-corrected chi connectivity index (χ0v) is 11.1. The van der Waals surface area contributed by atoms with E-state index >= 15 is 0 Å². The van der Waals surface area contributed by atoms with Gasteiger partial charge in [0.25, 0.3) is 0 Å². The molecule has 0 radical (unpaired) electrons. The molecule has 0 saturated carbocycles. The van der Waals surface area contributed by atoms with Gasteiger partial charge < -0.3 is 10.1 Å². The zero-order valence-electron chi connectivity index (χ0n) is 11.1. The van der Waals surface area contributed by atoms with Gasteiger partial charge in [-0.05, 0) is 24.6 Å². The Morgan fingerprint density at radius 1 is 1.56 bits per heavy atom. The van der Waals surface area contributed by atoms with E-state index in [1.165, 1.54) is 5.56 Å². The van der Waals surface area contributed by atoms with E-state index in [9.17, 15) is 0 Å². The second kappa shape index (κ2) is 6.57. The molecule has 1 N–H and O–H groups in total. The molecule has 0 unspecified atom stereocenters. The summed E-state index contributed by atoms with van der Waals surface area (Å²) in [5.41, 5.74) is 1.31. The van der Waals surface area contributed by atoms with E-state index in [-0.39, 0.29) is 0 Å². The minimum absolute atomic E-state index is 0.564. The largest absolute Gasteiger partial charge is 0.490 e. The van der Waals surface area contributed by atoms with Crippen LogP contribution in [0.3, 0.4) is 0 Å². The van der Waals surface area contributed by atoms with Gasteiger partial charge in [0.2, 0.25) is 0 Å². The van der Waals surface area contributed by atoms with E-state index in [0.29, 0.717) is 12.6 Å². The maximum absolute atomic E-state index is 5.56. The molecule has 18 heavy (non-hydrogen) atoms. The second-order valence-corrected chi connectivity index (χ2v) is 4.84. The molecule has 2 rings (SSSR count). The molecule has 1 aromatic carbocycles. The summed E-state index contributed by atoms with van der Waals surface area (Å²) < 4.78 is 5.56. The van der Waals surface area contributed by atoms with Gasteiger partial charge in [0.1, 0.15) is 12.4 Å². The first kappa shape index (κ1) is 13.1. The van der Waals surface area contributed by atoms with Crippen molar-refractivity contribution < 1.29 is 4.74 Å². The second-order valence-electron chi connectivity index (χ2n) is 4.84. The van der Waals surface area contributed by atoms with Crippen molar-refractivity contribution in [2.24, 2.45) is 0 Å². The third-order valence-electron chi connectivity index (χ3n) is 3.13. The summed E-state index contributed by atoms with van der Waals surface area (Å²) >= 11 is 0. The summed E-state index contributed by atoms with van der Waals surface area (Å²) in [6, 6.07) is 8.91. The highest BCUT2D eigenvalue weighted by molar-refractivity contribution is 5.28. The smallest absolute Gasteiger partial charge is 0.120 e. The quantitative estimate of drug-likeness (QED) is 0.805. The summed E-state index contributed by atoms with van der Waals surface area (Å²) in [5.74, 6) is 0.926. The number of nitrogens with one attached hydrogen (secondary N) is 1. The van der Waals surface area contributed by atoms with Gasteiger partial charge in [-0.25, -0.2) is 0 Å². The van der Waals surface area contributed by atoms with Crippen LogP contribution in [0.5, 0.6) is 5.75 Å². The van der Waals surface area contributed by atoms with Crippen LogP contribution < -0.4 is 10.1 Å². The van der Waals surface area contributed by atoms with E-state index in [1.807, 2.05) is 6.07 Å². The number of hydrogen-bond donors (Lipinski definition) is 1. The van der Waals surface area contributed by atoms with Gasteiger partial charge in [-0.3, -0.25) is 4.90 Å². The lowest BCUT2D eigenvalue weighted by molar-refractivity contribution is 0.199. The first-order valence-corrected chi connectivity index (χ1v) is 6.56. The highest BCUT2D eigenvalue weighted by Crippen LogP contribution is 2.15. The highest BCUT2D eigenvalue weighted by atomic mass is 16.5. The maximum atomic E-state index is 5.56. The van der Waals surface area contributed by atoms with Crippen molar-refractivity contribution in [1.29, 1.82) is 0 Å². The monoisotopic (exact) mass is 246 g/mol. The van der Waals surface area contributed by atoms with Crippen LogP contribution in [0.15, 0.2) is 36.9 Å². The van der Waals surface area contributed by atoms with Gasteiger partial charge in [-0.15, -0.1) is 0 Å². The van der Waals surface area contributed by atoms with Gasteiger partial charge in [-0.1, -0.05) is 24.8 Å². The lowest BCUT2D eigenvalue weighted by Gasteiger charge is -2.31. The van der Waals surface area contributed by atoms with Crippen molar-refractivity contribution in [3.8, 4) is 5.75 Å². The Morgan fingerprint density at radius 3 is 3.22 bits per heavy atom. The van der Waals surface area contributed by atoms with Crippen LogP contribution in [0.1, 0.15) is 12.5 Å². The fourth-order valence-electron chi connectivity index (χ4n) is 2.30. The van der Waals surface area contributed by atoms with Crippen molar-refractivity contribution in [3.63, 3.8) is 0 Å². The average Bonchev–Trinajstić information content (AvgIpc) is 2.37. The average molecular weight is 246 g/mol. The van der Waals surface area contributed by atoms with Gasteiger partial charge in [0, 0.05) is 32.2 Å². The summed E-state index contributed by atoms with van der Waals surface area (Å²) in [5, 5.41) is 3.46. The predicted molar refractivity (Wildman–Crippen MR) is 74.9 cm³/mol. The Morgan fingerprint density at radius 2 is 2.44 bits per heavy atom. The maximum Gasteiger partial charge on any atom is 0.120 e. The number of piperazine rings is 1. The minimum Gasteiger partial charge on any atom is -0.490 e. The summed E-state index contributed by atoms with van der Waals surface area (Å²) in [4.78, 5) is 2.48. The topological polar surface area (TPSA) is 24.5 Å². The molecule has 0 aromatic heterocycles. The molecule has 1 fully saturated rings. The Bertz CT molecular complexity index is 392. The molecule has 0 spiro atoms. The molecule has 1 aliphatic heterocycles. The molecule has 0 bridgehead atoms. The van der Waals surface area contributed by atoms with Crippen LogP contribution in [0.2, 0.25) is 0 Å². The lowest BCUT2D eigenvalue weighted by atomic mass is 10.1. The van der Waals surface area contributed by atoms with Crippen molar-refractivity contribution in [2.75, 3.05) is 26.2 Å². The third-order valence-corrected chi connectivity index (χ3v) is 3.13. The molecule has 0 aliphatic carbocycles. The number of rotatable bonds is 5. The Kier molecular flexibility index (Phi) is 4.79. The standard InChI is InChI=1S/C15H22N2O/c1-3-9-18-15-6-4-5-14(10-15)12-17-8-7-16-13(2)11-17/h3-6,10,13,16H,1,7-9,11-12H2,2H3/t13-/m0/s1. The SMILES string of the molecule is C=CCOc1cccc(CN2CCN[C@@H](C)C2)c1. The third kappa shape index (κ3) is 3.86. The predicted octanol–water partition coefficient (Wildman–Crippen LogP) is 2.05. The van der Waals surface area contributed by atoms with E-state index < -0.39 is 0 Å². The van der Waals surface area contributed by atoms with Crippen molar-refractivity contribution in [3.05, 3.63) is 42.5 Å². The summed E-state index contributed by atoms with van der Waals surface area (Å²) in [6.07, 6.45) is 1.77. The van der Waals surface area contributed by atoms with E-state index in [2.05, 4.69) is 41.9 Å². The van der Waals surface area contributed by atoms with Crippen LogP contribution in [-0.2, 0) is 6.54 Å². The molecule has 1 saturated heterocycles. The van der Waals surface area contributed by atoms with Crippen molar-refractivity contribution >= 4 is 0 Å². The molecule has 3 nitrogen and oxygen atoms in total. The Labute approximate surface area is 109 Å². The van der Waals surface area contributed by atoms with E-state index in [4.69, 9.17) is 4.74 Å². The number of nitrogens with zero attached hydrogens (tertiary/aromatic N) is 1. The Hall–Kier alpha value is -1.32. The number of hydrogen-bond acceptors (Lipinski definition) is 3. The van der Waals surface area contributed by atoms with Crippen LogP contribution >= 0.6 is 0 Å². The molecule has 1 aliphatic rings. The van der Waals surface area contributed by atoms with E-state index in [0.717, 1.165) is 31.9 Å². The van der Waals surface area contributed by atoms with Crippen molar-refractivity contribution in [1.82, 2.24) is 10.2 Å². The first-order valence-electron chi connectivity index (χ1n) is 6.56. The lowest BCUT2D eigenvalue weighted by Crippen LogP contribution is -2.48. The molecule has 3 heteroatoms. The zero-order chi connectivity index (χ0) is 12.8. The molecule has 1 heterocycles. The first-order chi connectivity index (χ1) is 8.78. The molecular weight excluding hydrogens is 224 g/mol. The van der Waals surface area contributed by atoms with Gasteiger partial charge in [0.05, 0.1) is 0 Å². The highest BCUT2D eigenvalue weighted by Gasteiger charge is 2.15. The van der Waals surface area contributed by atoms with E-state index in [1.54, 1.807) is 6.08 Å². The molecule has 1 aromatic rings. The molecular formula is C15H22N2O. The van der Waals surface area contributed by atoms with Crippen LogP contribution in [0, 0.1) is 0 Å². The summed E-state index contributed by atoms with van der Waals surface area (Å²) in [6.45, 7) is 10.8. The molecule has 98 valence electrons. The molecule has 0 amide bonds. The minimum atomic E-state index is 0.564. The van der Waals surface area contributed by atoms with Crippen LogP contribution in [0.4, 0.5) is 0 Å². The van der Waals surface area contributed by atoms with Crippen molar-refractivity contribution in [2.45, 2.75) is 19.5 Å². The number of ether oxygens (including phenoxy) is 1. The normalized spacial score (nSPS) is 20.6. The van der Waals surface area contributed by atoms with Crippen LogP contribution in [0.25, 0.3) is 0 Å². The van der Waals surface area contributed by atoms with Gasteiger partial charge in [0.15, 0.2) is 0 Å². The van der Waals surface area contributed by atoms with Gasteiger partial charge >= 0.3 is 0 Å². The fourth-order valence-corrected chi connectivity index (χ4v) is 2.30. The van der Waals surface area contributed by atoms with Crippen LogP contribution in [-0.4, -0.2) is 37.2 Å². The molecule has 1 atom stereocenters. The fraction of sp³-hybridized carbons (Fsp3) is 0.467. The Balaban J connectivity index is 1.93.